The van der Waals surface area contributed by atoms with E-state index < -0.39 is 30.1 Å². The summed E-state index contributed by atoms with van der Waals surface area (Å²) in [5, 5.41) is 25.8. The molecule has 0 radical (unpaired) electrons. The van der Waals surface area contributed by atoms with Gasteiger partial charge in [-0.1, -0.05) is 0 Å². The Morgan fingerprint density at radius 3 is 1.75 bits per heavy atom. The highest BCUT2D eigenvalue weighted by molar-refractivity contribution is 6.20. The van der Waals surface area contributed by atoms with E-state index >= 15 is 0 Å². The first kappa shape index (κ1) is 14.3. The lowest BCUT2D eigenvalue weighted by atomic mass is 10.1. The van der Waals surface area contributed by atoms with Gasteiger partial charge in [0.1, 0.15) is 0 Å². The second-order valence-electron chi connectivity index (χ2n) is 2.64. The van der Waals surface area contributed by atoms with E-state index in [0.29, 0.717) is 6.61 Å². The SMILES string of the molecule is CCOCCOC(C(=O)O)(C(=O)O)C(=O)O. The van der Waals surface area contributed by atoms with Gasteiger partial charge in [-0.2, -0.15) is 0 Å². The van der Waals surface area contributed by atoms with Crippen LogP contribution in [-0.4, -0.2) is 58.6 Å². The number of hydrogen-bond acceptors (Lipinski definition) is 5. The summed E-state index contributed by atoms with van der Waals surface area (Å²) in [6.07, 6.45) is 0. The zero-order valence-electron chi connectivity index (χ0n) is 8.50. The van der Waals surface area contributed by atoms with Crippen molar-refractivity contribution in [2.24, 2.45) is 0 Å². The Kier molecular flexibility index (Phi) is 5.40. The maximum Gasteiger partial charge on any atom is 0.360 e. The molecule has 0 atom stereocenters. The van der Waals surface area contributed by atoms with Crippen molar-refractivity contribution in [3.8, 4) is 0 Å². The molecule has 0 aliphatic rings. The molecule has 0 aromatic rings. The van der Waals surface area contributed by atoms with Crippen LogP contribution >= 0.6 is 0 Å². The van der Waals surface area contributed by atoms with Crippen molar-refractivity contribution in [2.45, 2.75) is 12.5 Å². The number of rotatable bonds is 8. The van der Waals surface area contributed by atoms with Crippen molar-refractivity contribution in [3.05, 3.63) is 0 Å². The lowest BCUT2D eigenvalue weighted by molar-refractivity contribution is -0.195. The molecule has 0 unspecified atom stereocenters. The standard InChI is InChI=1S/C8H12O8/c1-2-15-3-4-16-8(5(9)10,6(11)12)7(13)14/h2-4H2,1H3,(H,9,10)(H,11,12)(H,13,14). The van der Waals surface area contributed by atoms with Gasteiger partial charge >= 0.3 is 23.5 Å². The smallest absolute Gasteiger partial charge is 0.360 e. The number of ether oxygens (including phenoxy) is 2. The molecule has 8 nitrogen and oxygen atoms in total. The van der Waals surface area contributed by atoms with Gasteiger partial charge in [0.2, 0.25) is 0 Å². The summed E-state index contributed by atoms with van der Waals surface area (Å²) in [6.45, 7) is 1.45. The normalized spacial score (nSPS) is 11.1. The van der Waals surface area contributed by atoms with Crippen LogP contribution in [0, 0.1) is 0 Å². The van der Waals surface area contributed by atoms with Gasteiger partial charge in [0.25, 0.3) is 0 Å². The van der Waals surface area contributed by atoms with Crippen LogP contribution in [0.1, 0.15) is 6.92 Å². The highest BCUT2D eigenvalue weighted by Crippen LogP contribution is 2.13. The van der Waals surface area contributed by atoms with Crippen LogP contribution in [0.5, 0.6) is 0 Å². The Labute approximate surface area is 90.4 Å². The summed E-state index contributed by atoms with van der Waals surface area (Å²) in [5.74, 6) is -6.28. The third-order valence-electron chi connectivity index (χ3n) is 1.65. The second-order valence-corrected chi connectivity index (χ2v) is 2.64. The number of carbonyl (C=O) groups is 3. The predicted molar refractivity (Wildman–Crippen MR) is 48.1 cm³/mol. The number of carboxylic acids is 3. The minimum absolute atomic E-state index is 0.0912. The average molecular weight is 236 g/mol. The molecule has 92 valence electrons. The lowest BCUT2D eigenvalue weighted by Gasteiger charge is -2.20. The minimum atomic E-state index is -3.28. The van der Waals surface area contributed by atoms with Crippen LogP contribution in [0.4, 0.5) is 0 Å². The van der Waals surface area contributed by atoms with Crippen molar-refractivity contribution >= 4 is 17.9 Å². The summed E-state index contributed by atoms with van der Waals surface area (Å²) < 4.78 is 9.16. The molecule has 0 fully saturated rings. The average Bonchev–Trinajstić information content (AvgIpc) is 2.16. The second kappa shape index (κ2) is 6.03. The van der Waals surface area contributed by atoms with E-state index in [4.69, 9.17) is 20.1 Å². The van der Waals surface area contributed by atoms with E-state index in [2.05, 4.69) is 4.74 Å². The van der Waals surface area contributed by atoms with Gasteiger partial charge in [-0.15, -0.1) is 0 Å². The Morgan fingerprint density at radius 2 is 1.44 bits per heavy atom. The number of hydrogen-bond donors (Lipinski definition) is 3. The zero-order valence-corrected chi connectivity index (χ0v) is 8.50. The highest BCUT2D eigenvalue weighted by Gasteiger charge is 2.56. The van der Waals surface area contributed by atoms with Gasteiger partial charge in [0.15, 0.2) is 0 Å². The van der Waals surface area contributed by atoms with Crippen molar-refractivity contribution in [3.63, 3.8) is 0 Å². The van der Waals surface area contributed by atoms with E-state index in [-0.39, 0.29) is 6.61 Å². The molecule has 0 heterocycles. The molecule has 3 N–H and O–H groups in total. The summed E-state index contributed by atoms with van der Waals surface area (Å²) in [4.78, 5) is 31.9. The summed E-state index contributed by atoms with van der Waals surface area (Å²) >= 11 is 0. The topological polar surface area (TPSA) is 130 Å². The largest absolute Gasteiger partial charge is 0.478 e. The fraction of sp³-hybridized carbons (Fsp3) is 0.625. The van der Waals surface area contributed by atoms with Gasteiger partial charge in [-0.3, -0.25) is 0 Å². The molecule has 0 bridgehead atoms. The fourth-order valence-corrected chi connectivity index (χ4v) is 0.858. The molecule has 16 heavy (non-hydrogen) atoms. The Balaban J connectivity index is 4.72. The Bertz CT molecular complexity index is 248. The van der Waals surface area contributed by atoms with E-state index in [0.717, 1.165) is 0 Å². The molecule has 0 saturated carbocycles. The molecule has 0 amide bonds. The van der Waals surface area contributed by atoms with E-state index in [1.165, 1.54) is 0 Å². The molecule has 0 spiro atoms. The van der Waals surface area contributed by atoms with Crippen LogP contribution in [-0.2, 0) is 23.9 Å². The molecular weight excluding hydrogens is 224 g/mol. The molecule has 8 heteroatoms. The third-order valence-corrected chi connectivity index (χ3v) is 1.65. The molecule has 0 rings (SSSR count). The van der Waals surface area contributed by atoms with Gasteiger partial charge in [-0.05, 0) is 6.92 Å². The first-order valence-corrected chi connectivity index (χ1v) is 4.31. The molecule has 0 aromatic heterocycles. The van der Waals surface area contributed by atoms with Gasteiger partial charge in [0, 0.05) is 6.61 Å². The summed E-state index contributed by atoms with van der Waals surface area (Å²) in [7, 11) is 0. The van der Waals surface area contributed by atoms with E-state index in [9.17, 15) is 14.4 Å². The Morgan fingerprint density at radius 1 is 1.00 bits per heavy atom. The predicted octanol–water partition coefficient (Wildman–Crippen LogP) is -0.968. The molecule has 0 aliphatic carbocycles. The van der Waals surface area contributed by atoms with Crippen molar-refractivity contribution in [2.75, 3.05) is 19.8 Å². The quantitative estimate of drug-likeness (QED) is 0.362. The van der Waals surface area contributed by atoms with Crippen molar-refractivity contribution in [1.82, 2.24) is 0 Å². The number of carboxylic acid groups (broad SMARTS) is 3. The molecule has 0 saturated heterocycles. The van der Waals surface area contributed by atoms with Crippen molar-refractivity contribution in [1.29, 1.82) is 0 Å². The van der Waals surface area contributed by atoms with Gasteiger partial charge < -0.3 is 24.8 Å². The van der Waals surface area contributed by atoms with Crippen molar-refractivity contribution < 1.29 is 39.2 Å². The number of aliphatic carboxylic acids is 3. The maximum absolute atomic E-state index is 10.6. The van der Waals surface area contributed by atoms with Gasteiger partial charge in [0.05, 0.1) is 13.2 Å². The van der Waals surface area contributed by atoms with Crippen LogP contribution in [0.15, 0.2) is 0 Å². The fourth-order valence-electron chi connectivity index (χ4n) is 0.858. The summed E-state index contributed by atoms with van der Waals surface area (Å²) in [6, 6.07) is 0. The van der Waals surface area contributed by atoms with E-state index in [1.807, 2.05) is 0 Å². The van der Waals surface area contributed by atoms with Crippen LogP contribution in [0.3, 0.4) is 0 Å². The van der Waals surface area contributed by atoms with Crippen LogP contribution < -0.4 is 0 Å². The van der Waals surface area contributed by atoms with E-state index in [1.54, 1.807) is 6.92 Å². The van der Waals surface area contributed by atoms with Crippen LogP contribution in [0.2, 0.25) is 0 Å². The monoisotopic (exact) mass is 236 g/mol. The molecular formula is C8H12O8. The highest BCUT2D eigenvalue weighted by atomic mass is 16.6. The third kappa shape index (κ3) is 2.91. The first-order valence-electron chi connectivity index (χ1n) is 4.31. The zero-order chi connectivity index (χ0) is 12.8. The maximum atomic E-state index is 10.6. The molecule has 0 aliphatic heterocycles. The lowest BCUT2D eigenvalue weighted by Crippen LogP contribution is -2.56. The summed E-state index contributed by atoms with van der Waals surface area (Å²) in [5.41, 5.74) is -3.28. The van der Waals surface area contributed by atoms with Gasteiger partial charge in [-0.25, -0.2) is 14.4 Å². The Hall–Kier alpha value is -1.67. The first-order chi connectivity index (χ1) is 7.39. The minimum Gasteiger partial charge on any atom is -0.478 e. The van der Waals surface area contributed by atoms with Crippen LogP contribution in [0.25, 0.3) is 0 Å². The molecule has 0 aromatic carbocycles.